The van der Waals surface area contributed by atoms with Crippen LogP contribution in [-0.2, 0) is 16.1 Å². The zero-order valence-corrected chi connectivity index (χ0v) is 20.0. The molecule has 1 N–H and O–H groups in total. The van der Waals surface area contributed by atoms with E-state index in [1.165, 1.54) is 13.5 Å². The van der Waals surface area contributed by atoms with Crippen molar-refractivity contribution in [2.75, 3.05) is 26.7 Å². The van der Waals surface area contributed by atoms with Crippen LogP contribution in [0.3, 0.4) is 0 Å². The van der Waals surface area contributed by atoms with Crippen molar-refractivity contribution in [3.05, 3.63) is 84.1 Å². The monoisotopic (exact) mass is 473 g/mol. The van der Waals surface area contributed by atoms with E-state index in [2.05, 4.69) is 15.2 Å². The molecule has 0 saturated carbocycles. The van der Waals surface area contributed by atoms with Crippen LogP contribution in [0.1, 0.15) is 35.2 Å². The molecule has 1 saturated heterocycles. The van der Waals surface area contributed by atoms with E-state index < -0.39 is 6.04 Å². The molecule has 0 spiro atoms. The minimum absolute atomic E-state index is 0.218. The average molecular weight is 474 g/mol. The summed E-state index contributed by atoms with van der Waals surface area (Å²) in [4.78, 5) is 31.5. The molecule has 1 fully saturated rings. The zero-order valence-electron chi connectivity index (χ0n) is 20.0. The maximum absolute atomic E-state index is 12.7. The number of pyridine rings is 1. The zero-order chi connectivity index (χ0) is 24.5. The van der Waals surface area contributed by atoms with Gasteiger partial charge in [0.25, 0.3) is 5.91 Å². The minimum atomic E-state index is -0.465. The van der Waals surface area contributed by atoms with Crippen molar-refractivity contribution >= 4 is 11.9 Å². The van der Waals surface area contributed by atoms with Gasteiger partial charge in [-0.3, -0.25) is 19.5 Å². The summed E-state index contributed by atoms with van der Waals surface area (Å²) in [6, 6.07) is 20.5. The van der Waals surface area contributed by atoms with Gasteiger partial charge in [-0.2, -0.15) is 0 Å². The molecule has 1 aliphatic heterocycles. The number of ether oxygens (including phenoxy) is 2. The lowest BCUT2D eigenvalue weighted by Gasteiger charge is -2.32. The lowest BCUT2D eigenvalue weighted by molar-refractivity contribution is -0.147. The lowest BCUT2D eigenvalue weighted by Crippen LogP contribution is -2.50. The second kappa shape index (κ2) is 12.1. The van der Waals surface area contributed by atoms with Crippen LogP contribution in [0, 0.1) is 0 Å². The Morgan fingerprint density at radius 2 is 1.74 bits per heavy atom. The lowest BCUT2D eigenvalue weighted by atomic mass is 10.1. The van der Waals surface area contributed by atoms with Crippen LogP contribution < -0.4 is 10.1 Å². The third kappa shape index (κ3) is 6.67. The van der Waals surface area contributed by atoms with Gasteiger partial charge in [-0.1, -0.05) is 36.8 Å². The first kappa shape index (κ1) is 24.4. The van der Waals surface area contributed by atoms with Crippen LogP contribution >= 0.6 is 0 Å². The Hall–Kier alpha value is -3.71. The normalized spacial score (nSPS) is 14.7. The molecular weight excluding hydrogens is 442 g/mol. The van der Waals surface area contributed by atoms with E-state index in [1.807, 2.05) is 42.5 Å². The van der Waals surface area contributed by atoms with Gasteiger partial charge in [0, 0.05) is 23.9 Å². The van der Waals surface area contributed by atoms with Crippen LogP contribution in [0.25, 0.3) is 11.3 Å². The average Bonchev–Trinajstić information content (AvgIpc) is 2.93. The molecule has 7 heteroatoms. The third-order valence-corrected chi connectivity index (χ3v) is 6.18. The molecule has 0 radical (unpaired) electrons. The number of benzene rings is 2. The van der Waals surface area contributed by atoms with Gasteiger partial charge in [-0.15, -0.1) is 0 Å². The predicted octanol–water partition coefficient (Wildman–Crippen LogP) is 4.08. The van der Waals surface area contributed by atoms with E-state index in [0.717, 1.165) is 42.8 Å². The molecule has 0 unspecified atom stereocenters. The fourth-order valence-corrected chi connectivity index (χ4v) is 4.22. The molecule has 0 aliphatic carbocycles. The molecule has 3 aromatic rings. The summed E-state index contributed by atoms with van der Waals surface area (Å²) in [7, 11) is 1.38. The van der Waals surface area contributed by atoms with Crippen molar-refractivity contribution in [1.29, 1.82) is 0 Å². The number of aromatic nitrogens is 1. The first-order valence-corrected chi connectivity index (χ1v) is 12.0. The number of rotatable bonds is 9. The number of hydrogen-bond donors (Lipinski definition) is 1. The topological polar surface area (TPSA) is 80.8 Å². The number of nitrogens with one attached hydrogen (secondary N) is 1. The summed E-state index contributed by atoms with van der Waals surface area (Å²) in [5, 5.41) is 2.88. The van der Waals surface area contributed by atoms with Crippen LogP contribution in [0.4, 0.5) is 0 Å². The van der Waals surface area contributed by atoms with Crippen molar-refractivity contribution in [2.24, 2.45) is 0 Å². The van der Waals surface area contributed by atoms with Gasteiger partial charge < -0.3 is 14.8 Å². The van der Waals surface area contributed by atoms with Gasteiger partial charge >= 0.3 is 5.97 Å². The Bertz CT molecular complexity index is 1110. The highest BCUT2D eigenvalue weighted by molar-refractivity contribution is 5.94. The molecule has 1 amide bonds. The van der Waals surface area contributed by atoms with Gasteiger partial charge in [-0.25, -0.2) is 0 Å². The summed E-state index contributed by atoms with van der Waals surface area (Å²) in [6.07, 6.45) is 5.05. The number of nitrogens with zero attached hydrogens (tertiary/aromatic N) is 2. The summed E-state index contributed by atoms with van der Waals surface area (Å²) in [5.74, 6) is 0.118. The summed E-state index contributed by atoms with van der Waals surface area (Å²) in [5.41, 5.74) is 3.47. The number of likely N-dealkylation sites (tertiary alicyclic amines) is 1. The smallest absolute Gasteiger partial charge is 0.324 e. The van der Waals surface area contributed by atoms with Crippen LogP contribution in [0.15, 0.2) is 72.9 Å². The highest BCUT2D eigenvalue weighted by Gasteiger charge is 2.28. The maximum Gasteiger partial charge on any atom is 0.324 e. The second-order valence-corrected chi connectivity index (χ2v) is 8.57. The van der Waals surface area contributed by atoms with E-state index >= 15 is 0 Å². The largest absolute Gasteiger partial charge is 0.489 e. The maximum atomic E-state index is 12.7. The number of methoxy groups -OCH3 is 1. The van der Waals surface area contributed by atoms with Gasteiger partial charge in [-0.05, 0) is 67.9 Å². The van der Waals surface area contributed by atoms with E-state index in [1.54, 1.807) is 30.5 Å². The second-order valence-electron chi connectivity index (χ2n) is 8.57. The van der Waals surface area contributed by atoms with E-state index in [4.69, 9.17) is 9.47 Å². The molecular formula is C28H31N3O4. The number of amides is 1. The Morgan fingerprint density at radius 3 is 2.46 bits per heavy atom. The van der Waals surface area contributed by atoms with E-state index in [9.17, 15) is 9.59 Å². The fourth-order valence-electron chi connectivity index (χ4n) is 4.22. The first-order valence-electron chi connectivity index (χ1n) is 12.0. The van der Waals surface area contributed by atoms with Crippen LogP contribution in [0.2, 0.25) is 0 Å². The molecule has 2 heterocycles. The van der Waals surface area contributed by atoms with E-state index in [0.29, 0.717) is 17.9 Å². The van der Waals surface area contributed by atoms with Crippen molar-refractivity contribution in [3.8, 4) is 17.0 Å². The molecule has 4 rings (SSSR count). The Kier molecular flexibility index (Phi) is 8.46. The van der Waals surface area contributed by atoms with Crippen LogP contribution in [0.5, 0.6) is 5.75 Å². The van der Waals surface area contributed by atoms with Crippen molar-refractivity contribution in [3.63, 3.8) is 0 Å². The molecule has 35 heavy (non-hydrogen) atoms. The van der Waals surface area contributed by atoms with Gasteiger partial charge in [0.05, 0.1) is 12.8 Å². The number of carbonyl (C=O) groups excluding carboxylic acids is 2. The first-order chi connectivity index (χ1) is 17.1. The molecule has 1 aromatic heterocycles. The molecule has 0 bridgehead atoms. The highest BCUT2D eigenvalue weighted by atomic mass is 16.5. The molecule has 7 nitrogen and oxygen atoms in total. The summed E-state index contributed by atoms with van der Waals surface area (Å²) in [6.45, 7) is 2.29. The van der Waals surface area contributed by atoms with Crippen molar-refractivity contribution in [1.82, 2.24) is 15.2 Å². The third-order valence-electron chi connectivity index (χ3n) is 6.18. The highest BCUT2D eigenvalue weighted by Crippen LogP contribution is 2.19. The standard InChI is InChI=1S/C28H31N3O4/c1-34-28(33)26(31-16-6-3-7-17-31)19-30-27(32)23-10-12-24(13-11-23)35-20-21-14-15-29-25(18-21)22-8-4-2-5-9-22/h2,4-5,8-15,18,26H,3,6-7,16-17,19-20H2,1H3,(H,30,32)/t26-/m0/s1. The molecule has 1 atom stereocenters. The number of piperidine rings is 1. The van der Waals surface area contributed by atoms with Gasteiger partial charge in [0.2, 0.25) is 0 Å². The Morgan fingerprint density at radius 1 is 1.00 bits per heavy atom. The summed E-state index contributed by atoms with van der Waals surface area (Å²) < 4.78 is 10.9. The predicted molar refractivity (Wildman–Crippen MR) is 134 cm³/mol. The Balaban J connectivity index is 1.31. The number of esters is 1. The van der Waals surface area contributed by atoms with Gasteiger partial charge in [0.1, 0.15) is 18.4 Å². The van der Waals surface area contributed by atoms with E-state index in [-0.39, 0.29) is 18.4 Å². The van der Waals surface area contributed by atoms with Crippen molar-refractivity contribution in [2.45, 2.75) is 31.9 Å². The minimum Gasteiger partial charge on any atom is -0.489 e. The fraction of sp³-hybridized carbons (Fsp3) is 0.321. The number of carbonyl (C=O) groups is 2. The summed E-state index contributed by atoms with van der Waals surface area (Å²) >= 11 is 0. The SMILES string of the molecule is COC(=O)[C@H](CNC(=O)c1ccc(OCc2ccnc(-c3ccccc3)c2)cc1)N1CCCCC1. The Labute approximate surface area is 206 Å². The molecule has 2 aromatic carbocycles. The van der Waals surface area contributed by atoms with Crippen molar-refractivity contribution < 1.29 is 19.1 Å². The quantitative estimate of drug-likeness (QED) is 0.472. The molecule has 182 valence electrons. The van der Waals surface area contributed by atoms with Gasteiger partial charge in [0.15, 0.2) is 0 Å². The number of hydrogen-bond acceptors (Lipinski definition) is 6. The van der Waals surface area contributed by atoms with Crippen LogP contribution in [-0.4, -0.2) is 54.5 Å². The molecule has 1 aliphatic rings.